The summed E-state index contributed by atoms with van der Waals surface area (Å²) in [4.78, 5) is 38.5. The second-order valence-electron chi connectivity index (χ2n) is 6.62. The summed E-state index contributed by atoms with van der Waals surface area (Å²) in [6, 6.07) is 20.1. The molecule has 2 aromatic carbocycles. The summed E-state index contributed by atoms with van der Waals surface area (Å²) in [5.41, 5.74) is 0.326. The minimum absolute atomic E-state index is 0.0723. The Labute approximate surface area is 170 Å². The lowest BCUT2D eigenvalue weighted by Crippen LogP contribution is -2.33. The molecule has 0 fully saturated rings. The second-order valence-corrected chi connectivity index (χ2v) is 7.60. The summed E-state index contributed by atoms with van der Waals surface area (Å²) < 4.78 is 1.20. The van der Waals surface area contributed by atoms with E-state index in [0.29, 0.717) is 10.8 Å². The zero-order chi connectivity index (χ0) is 20.2. The molecule has 2 heterocycles. The highest BCUT2D eigenvalue weighted by atomic mass is 32.1. The molecule has 0 saturated carbocycles. The maximum Gasteiger partial charge on any atom is 0.273 e. The molecule has 0 saturated heterocycles. The van der Waals surface area contributed by atoms with Gasteiger partial charge in [-0.05, 0) is 29.1 Å². The van der Waals surface area contributed by atoms with Crippen molar-refractivity contribution < 1.29 is 4.79 Å². The summed E-state index contributed by atoms with van der Waals surface area (Å²) >= 11 is 1.57. The van der Waals surface area contributed by atoms with E-state index < -0.39 is 0 Å². The standard InChI is InChI=1S/C22H19N3O3S/c26-19(23-20(18-11-6-14-29-18)15-7-2-1-3-8-15)12-13-25-22(28)17-10-5-4-9-16(17)21(27)24-25/h1-11,14,20H,12-13H2,(H,23,26)(H,24,27)/t20-/m1/s1. The number of fused-ring (bicyclic) bond motifs is 1. The molecule has 0 aliphatic heterocycles. The molecule has 6 nitrogen and oxygen atoms in total. The Kier molecular flexibility index (Phi) is 5.39. The number of carbonyl (C=O) groups excluding carboxylic acids is 1. The lowest BCUT2D eigenvalue weighted by Gasteiger charge is -2.18. The first-order valence-electron chi connectivity index (χ1n) is 9.23. The summed E-state index contributed by atoms with van der Waals surface area (Å²) in [5.74, 6) is -0.201. The van der Waals surface area contributed by atoms with Gasteiger partial charge in [0, 0.05) is 11.3 Å². The third-order valence-corrected chi connectivity index (χ3v) is 5.65. The summed E-state index contributed by atoms with van der Waals surface area (Å²) in [7, 11) is 0. The molecule has 7 heteroatoms. The fourth-order valence-electron chi connectivity index (χ4n) is 3.27. The molecule has 29 heavy (non-hydrogen) atoms. The number of rotatable bonds is 6. The molecule has 0 aliphatic rings. The Morgan fingerprint density at radius 3 is 2.41 bits per heavy atom. The molecule has 0 unspecified atom stereocenters. The van der Waals surface area contributed by atoms with Gasteiger partial charge < -0.3 is 5.32 Å². The van der Waals surface area contributed by atoms with Crippen LogP contribution in [0.1, 0.15) is 22.9 Å². The molecule has 2 N–H and O–H groups in total. The van der Waals surface area contributed by atoms with Crippen molar-refractivity contribution in [1.29, 1.82) is 0 Å². The number of hydrogen-bond donors (Lipinski definition) is 2. The molecular weight excluding hydrogens is 386 g/mol. The van der Waals surface area contributed by atoms with Crippen molar-refractivity contribution in [1.82, 2.24) is 15.1 Å². The first-order chi connectivity index (χ1) is 14.1. The van der Waals surface area contributed by atoms with Gasteiger partial charge in [0.1, 0.15) is 0 Å². The number of hydrogen-bond acceptors (Lipinski definition) is 4. The van der Waals surface area contributed by atoms with Gasteiger partial charge in [0.05, 0.1) is 23.4 Å². The quantitative estimate of drug-likeness (QED) is 0.517. The van der Waals surface area contributed by atoms with E-state index in [1.165, 1.54) is 4.68 Å². The van der Waals surface area contributed by atoms with Crippen molar-refractivity contribution in [3.05, 3.63) is 103 Å². The van der Waals surface area contributed by atoms with Gasteiger partial charge in [-0.15, -0.1) is 11.3 Å². The van der Waals surface area contributed by atoms with Crippen LogP contribution in [0.25, 0.3) is 10.8 Å². The van der Waals surface area contributed by atoms with Gasteiger partial charge in [0.15, 0.2) is 0 Å². The molecular formula is C22H19N3O3S. The molecule has 1 atom stereocenters. The van der Waals surface area contributed by atoms with E-state index >= 15 is 0 Å². The zero-order valence-electron chi connectivity index (χ0n) is 15.5. The number of nitrogens with one attached hydrogen (secondary N) is 2. The van der Waals surface area contributed by atoms with Crippen LogP contribution in [-0.4, -0.2) is 15.7 Å². The van der Waals surface area contributed by atoms with Gasteiger partial charge in [-0.3, -0.25) is 19.5 Å². The Hall–Kier alpha value is -3.45. The molecule has 0 radical (unpaired) electrons. The fourth-order valence-corrected chi connectivity index (χ4v) is 4.07. The van der Waals surface area contributed by atoms with E-state index in [0.717, 1.165) is 10.4 Å². The number of amides is 1. The largest absolute Gasteiger partial charge is 0.344 e. The molecule has 1 amide bonds. The monoisotopic (exact) mass is 405 g/mol. The number of H-pyrrole nitrogens is 1. The number of nitrogens with zero attached hydrogens (tertiary/aromatic N) is 1. The molecule has 0 aliphatic carbocycles. The predicted molar refractivity (Wildman–Crippen MR) is 114 cm³/mol. The van der Waals surface area contributed by atoms with E-state index in [9.17, 15) is 14.4 Å². The second kappa shape index (κ2) is 8.28. The SMILES string of the molecule is O=C(CCn1[nH]c(=O)c2ccccc2c1=O)N[C@H](c1ccccc1)c1cccs1. The van der Waals surface area contributed by atoms with Crippen LogP contribution in [-0.2, 0) is 11.3 Å². The van der Waals surface area contributed by atoms with Crippen LogP contribution in [0.3, 0.4) is 0 Å². The molecule has 4 aromatic rings. The normalized spacial score (nSPS) is 12.0. The third-order valence-electron chi connectivity index (χ3n) is 4.71. The van der Waals surface area contributed by atoms with Gasteiger partial charge >= 0.3 is 0 Å². The van der Waals surface area contributed by atoms with Crippen molar-refractivity contribution >= 4 is 28.0 Å². The van der Waals surface area contributed by atoms with E-state index in [1.807, 2.05) is 47.8 Å². The fraction of sp³-hybridized carbons (Fsp3) is 0.136. The Bertz CT molecular complexity index is 1240. The van der Waals surface area contributed by atoms with Gasteiger partial charge in [0.25, 0.3) is 11.1 Å². The van der Waals surface area contributed by atoms with Crippen LogP contribution in [0.4, 0.5) is 0 Å². The van der Waals surface area contributed by atoms with Crippen LogP contribution in [0, 0.1) is 0 Å². The van der Waals surface area contributed by atoms with E-state index in [2.05, 4.69) is 10.4 Å². The Morgan fingerprint density at radius 1 is 0.966 bits per heavy atom. The van der Waals surface area contributed by atoms with Gasteiger partial charge in [0.2, 0.25) is 5.91 Å². The number of aromatic nitrogens is 2. The van der Waals surface area contributed by atoms with E-state index in [4.69, 9.17) is 0 Å². The van der Waals surface area contributed by atoms with Crippen molar-refractivity contribution in [2.45, 2.75) is 19.0 Å². The van der Waals surface area contributed by atoms with E-state index in [1.54, 1.807) is 35.6 Å². The smallest absolute Gasteiger partial charge is 0.273 e. The maximum absolute atomic E-state index is 12.6. The highest BCUT2D eigenvalue weighted by Crippen LogP contribution is 2.25. The number of thiophene rings is 1. The zero-order valence-corrected chi connectivity index (χ0v) is 16.3. The average molecular weight is 405 g/mol. The number of aromatic amines is 1. The topological polar surface area (TPSA) is 84.0 Å². The van der Waals surface area contributed by atoms with Crippen LogP contribution in [0.5, 0.6) is 0 Å². The molecule has 0 spiro atoms. The highest BCUT2D eigenvalue weighted by molar-refractivity contribution is 7.10. The van der Waals surface area contributed by atoms with Crippen LogP contribution >= 0.6 is 11.3 Å². The molecule has 4 rings (SSSR count). The molecule has 2 aromatic heterocycles. The predicted octanol–water partition coefficient (Wildman–Crippen LogP) is 3.05. The minimum Gasteiger partial charge on any atom is -0.344 e. The Morgan fingerprint density at radius 2 is 1.69 bits per heavy atom. The van der Waals surface area contributed by atoms with Crippen LogP contribution in [0.15, 0.2) is 81.7 Å². The Balaban J connectivity index is 1.52. The highest BCUT2D eigenvalue weighted by Gasteiger charge is 2.18. The number of benzene rings is 2. The number of aryl methyl sites for hydroxylation is 1. The van der Waals surface area contributed by atoms with E-state index in [-0.39, 0.29) is 36.0 Å². The first-order valence-corrected chi connectivity index (χ1v) is 10.1. The van der Waals surface area contributed by atoms with Crippen molar-refractivity contribution in [2.24, 2.45) is 0 Å². The summed E-state index contributed by atoms with van der Waals surface area (Å²) in [5, 5.41) is 8.26. The first kappa shape index (κ1) is 18.9. The maximum atomic E-state index is 12.6. The summed E-state index contributed by atoms with van der Waals surface area (Å²) in [6.07, 6.45) is 0.0723. The number of carbonyl (C=O) groups is 1. The average Bonchev–Trinajstić information content (AvgIpc) is 3.29. The van der Waals surface area contributed by atoms with Crippen molar-refractivity contribution in [3.8, 4) is 0 Å². The lowest BCUT2D eigenvalue weighted by molar-refractivity contribution is -0.121. The van der Waals surface area contributed by atoms with Gasteiger partial charge in [-0.2, -0.15) is 0 Å². The van der Waals surface area contributed by atoms with Crippen molar-refractivity contribution in [2.75, 3.05) is 0 Å². The lowest BCUT2D eigenvalue weighted by atomic mass is 10.1. The minimum atomic E-state index is -0.346. The van der Waals surface area contributed by atoms with Crippen LogP contribution in [0.2, 0.25) is 0 Å². The van der Waals surface area contributed by atoms with Gasteiger partial charge in [-0.1, -0.05) is 48.5 Å². The molecule has 146 valence electrons. The van der Waals surface area contributed by atoms with Crippen molar-refractivity contribution in [3.63, 3.8) is 0 Å². The van der Waals surface area contributed by atoms with Crippen LogP contribution < -0.4 is 16.4 Å². The summed E-state index contributed by atoms with van der Waals surface area (Å²) in [6.45, 7) is 0.0939. The third kappa shape index (κ3) is 4.05. The molecule has 0 bridgehead atoms. The van der Waals surface area contributed by atoms with Gasteiger partial charge in [-0.25, -0.2) is 4.68 Å².